The Morgan fingerprint density at radius 3 is 2.05 bits per heavy atom. The topological polar surface area (TPSA) is 81.1 Å². The minimum absolute atomic E-state index is 0.232. The van der Waals surface area contributed by atoms with Crippen LogP contribution >= 0.6 is 0 Å². The van der Waals surface area contributed by atoms with Crippen molar-refractivity contribution >= 4 is 11.8 Å². The molecule has 0 saturated heterocycles. The van der Waals surface area contributed by atoms with Crippen LogP contribution in [-0.2, 0) is 7.05 Å². The lowest BCUT2D eigenvalue weighted by Gasteiger charge is -2.09. The number of carbonyl (C=O) groups is 1. The first kappa shape index (κ1) is 13.8. The number of nitrogens with two attached hydrogens (primary N) is 1. The molecule has 0 fully saturated rings. The number of hydrogen-bond donors (Lipinski definition) is 2. The van der Waals surface area contributed by atoms with Gasteiger partial charge in [0.15, 0.2) is 23.3 Å². The molecule has 2 aromatic rings. The molecule has 20 heavy (non-hydrogen) atoms. The highest BCUT2D eigenvalue weighted by Gasteiger charge is 2.31. The Hall–Kier alpha value is -2.58. The molecular weight excluding hydrogens is 282 g/mol. The molecule has 1 heterocycles. The van der Waals surface area contributed by atoms with Crippen LogP contribution in [-0.4, -0.2) is 20.9 Å². The Kier molecular flexibility index (Phi) is 3.12. The van der Waals surface area contributed by atoms with Crippen molar-refractivity contribution in [2.75, 3.05) is 5.73 Å². The second-order valence-corrected chi connectivity index (χ2v) is 3.88. The summed E-state index contributed by atoms with van der Waals surface area (Å²) in [6, 6.07) is 0. The van der Waals surface area contributed by atoms with Gasteiger partial charge in [-0.05, 0) is 0 Å². The summed E-state index contributed by atoms with van der Waals surface area (Å²) in [7, 11) is 1.35. The molecule has 0 atom stereocenters. The largest absolute Gasteiger partial charge is 0.477 e. The molecule has 106 valence electrons. The predicted octanol–water partition coefficient (Wildman–Crippen LogP) is 1.92. The molecule has 9 heteroatoms. The van der Waals surface area contributed by atoms with E-state index >= 15 is 0 Å². The predicted molar refractivity (Wildman–Crippen MR) is 59.8 cm³/mol. The third kappa shape index (κ3) is 1.78. The fourth-order valence-corrected chi connectivity index (χ4v) is 1.70. The lowest BCUT2D eigenvalue weighted by molar-refractivity contribution is 0.0683. The van der Waals surface area contributed by atoms with Crippen LogP contribution in [0.15, 0.2) is 6.20 Å². The van der Waals surface area contributed by atoms with Crippen molar-refractivity contribution in [2.24, 2.45) is 7.05 Å². The zero-order chi connectivity index (χ0) is 15.2. The summed E-state index contributed by atoms with van der Waals surface area (Å²) in [6.07, 6.45) is 0.913. The highest BCUT2D eigenvalue weighted by Crippen LogP contribution is 2.34. The zero-order valence-corrected chi connectivity index (χ0v) is 9.92. The number of aromatic nitrogens is 2. The van der Waals surface area contributed by atoms with Gasteiger partial charge >= 0.3 is 5.97 Å². The van der Waals surface area contributed by atoms with Gasteiger partial charge in [-0.15, -0.1) is 0 Å². The molecule has 0 amide bonds. The van der Waals surface area contributed by atoms with Crippen LogP contribution in [0.2, 0.25) is 0 Å². The second kappa shape index (κ2) is 4.51. The van der Waals surface area contributed by atoms with E-state index in [9.17, 15) is 22.4 Å². The number of nitrogen functional groups attached to an aromatic ring is 1. The molecule has 5 nitrogen and oxygen atoms in total. The maximum Gasteiger partial charge on any atom is 0.341 e. The van der Waals surface area contributed by atoms with Crippen molar-refractivity contribution in [3.8, 4) is 11.1 Å². The first-order chi connectivity index (χ1) is 9.27. The quantitative estimate of drug-likeness (QED) is 0.653. The van der Waals surface area contributed by atoms with Crippen molar-refractivity contribution in [3.05, 3.63) is 35.0 Å². The van der Waals surface area contributed by atoms with Gasteiger partial charge in [-0.1, -0.05) is 0 Å². The van der Waals surface area contributed by atoms with E-state index in [1.807, 2.05) is 0 Å². The molecule has 1 aromatic heterocycles. The Balaban J connectivity index is 2.86. The van der Waals surface area contributed by atoms with Gasteiger partial charge in [0.25, 0.3) is 0 Å². The van der Waals surface area contributed by atoms with Gasteiger partial charge in [-0.2, -0.15) is 5.10 Å². The molecule has 3 N–H and O–H groups in total. The number of aromatic carboxylic acids is 1. The number of benzene rings is 1. The van der Waals surface area contributed by atoms with E-state index in [-0.39, 0.29) is 11.4 Å². The summed E-state index contributed by atoms with van der Waals surface area (Å²) in [5.74, 6) is -10.1. The van der Waals surface area contributed by atoms with Gasteiger partial charge in [0.2, 0.25) is 0 Å². The van der Waals surface area contributed by atoms with Crippen LogP contribution in [0.25, 0.3) is 11.1 Å². The van der Waals surface area contributed by atoms with Crippen LogP contribution < -0.4 is 5.73 Å². The fourth-order valence-electron chi connectivity index (χ4n) is 1.70. The first-order valence-corrected chi connectivity index (χ1v) is 5.14. The highest BCUT2D eigenvalue weighted by atomic mass is 19.2. The lowest BCUT2D eigenvalue weighted by Crippen LogP contribution is -2.11. The zero-order valence-electron chi connectivity index (χ0n) is 9.92. The minimum atomic E-state index is -2.12. The van der Waals surface area contributed by atoms with Crippen LogP contribution in [0.4, 0.5) is 23.4 Å². The number of hydrogen-bond acceptors (Lipinski definition) is 3. The van der Waals surface area contributed by atoms with Crippen molar-refractivity contribution < 1.29 is 27.5 Å². The number of carboxylic acids is 1. The first-order valence-electron chi connectivity index (χ1n) is 5.14. The van der Waals surface area contributed by atoms with Gasteiger partial charge < -0.3 is 10.8 Å². The molecule has 0 saturated carbocycles. The van der Waals surface area contributed by atoms with E-state index in [2.05, 4.69) is 5.10 Å². The fraction of sp³-hybridized carbons (Fsp3) is 0.0909. The summed E-state index contributed by atoms with van der Waals surface area (Å²) in [5.41, 5.74) is 2.29. The summed E-state index contributed by atoms with van der Waals surface area (Å²) >= 11 is 0. The molecule has 1 aromatic carbocycles. The van der Waals surface area contributed by atoms with E-state index in [1.54, 1.807) is 0 Å². The monoisotopic (exact) mass is 289 g/mol. The Labute approximate surface area is 109 Å². The summed E-state index contributed by atoms with van der Waals surface area (Å²) in [4.78, 5) is 10.6. The normalized spacial score (nSPS) is 10.8. The number of aryl methyl sites for hydroxylation is 1. The average molecular weight is 289 g/mol. The van der Waals surface area contributed by atoms with Crippen molar-refractivity contribution in [1.29, 1.82) is 0 Å². The van der Waals surface area contributed by atoms with Crippen LogP contribution in [0.5, 0.6) is 0 Å². The molecule has 0 unspecified atom stereocenters. The van der Waals surface area contributed by atoms with Crippen molar-refractivity contribution in [2.45, 2.75) is 0 Å². The van der Waals surface area contributed by atoms with Crippen LogP contribution in [0, 0.1) is 23.3 Å². The highest BCUT2D eigenvalue weighted by molar-refractivity contribution is 5.90. The molecule has 0 aliphatic rings. The number of nitrogens with zero attached hydrogens (tertiary/aromatic N) is 2. The maximum atomic E-state index is 13.8. The van der Waals surface area contributed by atoms with Gasteiger partial charge in [-0.3, -0.25) is 4.68 Å². The third-order valence-corrected chi connectivity index (χ3v) is 2.73. The summed E-state index contributed by atoms with van der Waals surface area (Å²) in [6.45, 7) is 0. The van der Waals surface area contributed by atoms with Gasteiger partial charge in [0.05, 0.1) is 11.8 Å². The Morgan fingerprint density at radius 2 is 1.70 bits per heavy atom. The molecule has 0 radical (unpaired) electrons. The van der Waals surface area contributed by atoms with Crippen molar-refractivity contribution in [3.63, 3.8) is 0 Å². The second-order valence-electron chi connectivity index (χ2n) is 3.88. The van der Waals surface area contributed by atoms with E-state index < -0.39 is 40.4 Å². The Bertz CT molecular complexity index is 698. The third-order valence-electron chi connectivity index (χ3n) is 2.73. The van der Waals surface area contributed by atoms with Crippen molar-refractivity contribution in [1.82, 2.24) is 9.78 Å². The maximum absolute atomic E-state index is 13.8. The molecule has 0 bridgehead atoms. The molecule has 2 rings (SSSR count). The van der Waals surface area contributed by atoms with Gasteiger partial charge in [0, 0.05) is 12.6 Å². The number of halogens is 4. The smallest absolute Gasteiger partial charge is 0.341 e. The van der Waals surface area contributed by atoms with Crippen LogP contribution in [0.3, 0.4) is 0 Å². The Morgan fingerprint density at radius 1 is 1.20 bits per heavy atom. The molecule has 0 aliphatic carbocycles. The van der Waals surface area contributed by atoms with E-state index in [0.717, 1.165) is 10.9 Å². The number of rotatable bonds is 2. The van der Waals surface area contributed by atoms with Gasteiger partial charge in [-0.25, -0.2) is 22.4 Å². The summed E-state index contributed by atoms with van der Waals surface area (Å²) in [5, 5.41) is 12.1. The van der Waals surface area contributed by atoms with Crippen LogP contribution in [0.1, 0.15) is 10.4 Å². The molecule has 0 spiro atoms. The average Bonchev–Trinajstić information content (AvgIpc) is 2.69. The lowest BCUT2D eigenvalue weighted by atomic mass is 10.0. The van der Waals surface area contributed by atoms with E-state index in [4.69, 9.17) is 10.8 Å². The standard InChI is InChI=1S/C11H7F4N3O2/c1-18-10(16)3(2-17-18)4-6(12)8(14)5(11(19)20)9(15)7(4)13/h2H,16H2,1H3,(H,19,20). The molecule has 0 aliphatic heterocycles. The number of anilines is 1. The minimum Gasteiger partial charge on any atom is -0.477 e. The molecular formula is C11H7F4N3O2. The number of carboxylic acid groups (broad SMARTS) is 1. The summed E-state index contributed by atoms with van der Waals surface area (Å²) < 4.78 is 55.7. The van der Waals surface area contributed by atoms with Gasteiger partial charge in [0.1, 0.15) is 11.4 Å². The van der Waals surface area contributed by atoms with E-state index in [1.165, 1.54) is 7.05 Å². The van der Waals surface area contributed by atoms with E-state index in [0.29, 0.717) is 0 Å². The SMILES string of the molecule is Cn1ncc(-c2c(F)c(F)c(C(=O)O)c(F)c2F)c1N.